The van der Waals surface area contributed by atoms with E-state index in [1.54, 1.807) is 60.7 Å². The summed E-state index contributed by atoms with van der Waals surface area (Å²) in [7, 11) is 0. The summed E-state index contributed by atoms with van der Waals surface area (Å²) in [5.41, 5.74) is 3.93. The van der Waals surface area contributed by atoms with Crippen molar-refractivity contribution in [3.63, 3.8) is 0 Å². The predicted octanol–water partition coefficient (Wildman–Crippen LogP) is 8.16. The molecule has 0 spiro atoms. The summed E-state index contributed by atoms with van der Waals surface area (Å²) in [6.07, 6.45) is -1.27. The van der Waals surface area contributed by atoms with Crippen LogP contribution in [0.2, 0.25) is 0 Å². The number of hydrogen-bond donors (Lipinski definition) is 4. The van der Waals surface area contributed by atoms with Crippen molar-refractivity contribution < 1.29 is 29.3 Å². The van der Waals surface area contributed by atoms with E-state index in [-0.39, 0.29) is 36.5 Å². The second-order valence-corrected chi connectivity index (χ2v) is 10.4. The van der Waals surface area contributed by atoms with Gasteiger partial charge in [-0.2, -0.15) is 0 Å². The van der Waals surface area contributed by atoms with Gasteiger partial charge in [0, 0.05) is 21.2 Å². The summed E-state index contributed by atoms with van der Waals surface area (Å²) in [5.74, 6) is 0.551. The molecule has 0 aliphatic heterocycles. The number of ether oxygens (including phenoxy) is 2. The van der Waals surface area contributed by atoms with Crippen LogP contribution in [0.25, 0.3) is 22.3 Å². The number of carbonyl (C=O) groups is 2. The molecule has 11 heteroatoms. The van der Waals surface area contributed by atoms with Gasteiger partial charge in [0.2, 0.25) is 0 Å². The van der Waals surface area contributed by atoms with E-state index in [4.69, 9.17) is 32.7 Å². The lowest BCUT2D eigenvalue weighted by molar-refractivity contribution is 0.167. The molecule has 0 saturated carbocycles. The first kappa shape index (κ1) is 29.9. The Morgan fingerprint density at radius 2 is 1.10 bits per heavy atom. The highest BCUT2D eigenvalue weighted by atomic mass is 35.5. The molecule has 0 aliphatic rings. The van der Waals surface area contributed by atoms with Gasteiger partial charge in [0.25, 0.3) is 0 Å². The number of benzene rings is 4. The fourth-order valence-electron chi connectivity index (χ4n) is 3.88. The van der Waals surface area contributed by atoms with Crippen LogP contribution in [0.15, 0.2) is 94.7 Å². The number of aromatic hydroxyl groups is 2. The van der Waals surface area contributed by atoms with Gasteiger partial charge in [-0.3, -0.25) is 10.6 Å². The third-order valence-corrected chi connectivity index (χ3v) is 7.07. The maximum atomic E-state index is 12.1. The number of phenols is 2. The van der Waals surface area contributed by atoms with Gasteiger partial charge in [0.15, 0.2) is 0 Å². The van der Waals surface area contributed by atoms with Crippen molar-refractivity contribution in [1.29, 1.82) is 0 Å². The Labute approximate surface area is 251 Å². The monoisotopic (exact) mass is 612 g/mol. The predicted molar refractivity (Wildman–Crippen MR) is 163 cm³/mol. The minimum atomic E-state index is -0.633. The van der Waals surface area contributed by atoms with E-state index in [1.807, 2.05) is 24.3 Å². The lowest BCUT2D eigenvalue weighted by atomic mass is 10.0. The molecule has 2 amide bonds. The van der Waals surface area contributed by atoms with E-state index in [0.29, 0.717) is 11.4 Å². The number of nitrogens with one attached hydrogen (secondary N) is 2. The molecule has 0 saturated heterocycles. The zero-order chi connectivity index (χ0) is 29.2. The summed E-state index contributed by atoms with van der Waals surface area (Å²) in [6, 6.07) is 24.3. The number of rotatable bonds is 10. The number of hydrogen-bond acceptors (Lipinski definition) is 7. The van der Waals surface area contributed by atoms with Crippen LogP contribution >= 0.6 is 35.0 Å². The van der Waals surface area contributed by atoms with Gasteiger partial charge in [-0.25, -0.2) is 9.59 Å². The normalized spacial score (nSPS) is 10.6. The zero-order valence-corrected chi connectivity index (χ0v) is 23.9. The molecular formula is C30H26Cl2N2O6S. The molecule has 0 aromatic heterocycles. The van der Waals surface area contributed by atoms with Gasteiger partial charge < -0.3 is 19.7 Å². The molecule has 0 aliphatic carbocycles. The van der Waals surface area contributed by atoms with Crippen LogP contribution in [0.1, 0.15) is 0 Å². The molecule has 4 rings (SSSR count). The molecule has 0 bridgehead atoms. The Kier molecular flexibility index (Phi) is 10.6. The second kappa shape index (κ2) is 14.5. The average Bonchev–Trinajstić information content (AvgIpc) is 2.96. The van der Waals surface area contributed by atoms with Gasteiger partial charge in [0.05, 0.1) is 11.8 Å². The number of alkyl halides is 2. The van der Waals surface area contributed by atoms with Crippen molar-refractivity contribution in [3.05, 3.63) is 84.9 Å². The molecule has 0 atom stereocenters. The fourth-order valence-corrected chi connectivity index (χ4v) is 5.12. The third kappa shape index (κ3) is 8.47. The van der Waals surface area contributed by atoms with E-state index in [2.05, 4.69) is 10.6 Å². The smallest absolute Gasteiger partial charge is 0.411 e. The number of amides is 2. The summed E-state index contributed by atoms with van der Waals surface area (Å²) in [4.78, 5) is 25.9. The largest absolute Gasteiger partial charge is 0.508 e. The summed E-state index contributed by atoms with van der Waals surface area (Å²) in [6.45, 7) is 0.154. The molecule has 4 N–H and O–H groups in total. The molecule has 0 unspecified atom stereocenters. The minimum absolute atomic E-state index is 0.0772. The van der Waals surface area contributed by atoms with Crippen LogP contribution < -0.4 is 10.6 Å². The highest BCUT2D eigenvalue weighted by Gasteiger charge is 2.16. The summed E-state index contributed by atoms with van der Waals surface area (Å²) >= 11 is 12.7. The molecule has 0 heterocycles. The van der Waals surface area contributed by atoms with Gasteiger partial charge in [0.1, 0.15) is 24.7 Å². The first-order valence-corrected chi connectivity index (χ1v) is 14.3. The van der Waals surface area contributed by atoms with Crippen LogP contribution in [-0.2, 0) is 9.47 Å². The molecule has 41 heavy (non-hydrogen) atoms. The SMILES string of the molecule is O=C(Nc1ccc(Sc2ccc(NC(=O)OCCCl)cc2-c2cccc(O)c2)c(-c2cccc(O)c2)c1)OCCCl. The van der Waals surface area contributed by atoms with E-state index >= 15 is 0 Å². The van der Waals surface area contributed by atoms with Crippen LogP contribution in [0, 0.1) is 0 Å². The van der Waals surface area contributed by atoms with Gasteiger partial charge in [-0.1, -0.05) is 36.0 Å². The molecule has 4 aromatic rings. The standard InChI is InChI=1S/C30H26Cl2N2O6S/c31-11-13-39-29(37)33-21-7-9-27(25(17-21)19-3-1-5-23(35)15-19)41-28-10-8-22(34-30(38)40-14-12-32)18-26(28)20-4-2-6-24(36)16-20/h1-10,15-18,35-36H,11-14H2,(H,33,37)(H,34,38). The molecule has 8 nitrogen and oxygen atoms in total. The van der Waals surface area contributed by atoms with Gasteiger partial charge >= 0.3 is 12.2 Å². The van der Waals surface area contributed by atoms with Crippen molar-refractivity contribution in [2.45, 2.75) is 9.79 Å². The number of anilines is 2. The fraction of sp³-hybridized carbons (Fsp3) is 0.133. The van der Waals surface area contributed by atoms with Gasteiger partial charge in [-0.05, 0) is 82.9 Å². The van der Waals surface area contributed by atoms with Crippen LogP contribution in [0.3, 0.4) is 0 Å². The van der Waals surface area contributed by atoms with Crippen LogP contribution in [-0.4, -0.2) is 47.4 Å². The average molecular weight is 614 g/mol. The van der Waals surface area contributed by atoms with Crippen molar-refractivity contribution >= 4 is 58.5 Å². The highest BCUT2D eigenvalue weighted by molar-refractivity contribution is 7.99. The Bertz CT molecular complexity index is 1420. The van der Waals surface area contributed by atoms with Crippen molar-refractivity contribution in [1.82, 2.24) is 0 Å². The maximum Gasteiger partial charge on any atom is 0.411 e. The summed E-state index contributed by atoms with van der Waals surface area (Å²) in [5, 5.41) is 25.7. The number of carbonyl (C=O) groups excluding carboxylic acids is 2. The first-order chi connectivity index (χ1) is 19.9. The molecule has 4 aromatic carbocycles. The van der Waals surface area contributed by atoms with Crippen LogP contribution in [0.4, 0.5) is 21.0 Å². The highest BCUT2D eigenvalue weighted by Crippen LogP contribution is 2.43. The van der Waals surface area contributed by atoms with E-state index in [1.165, 1.54) is 11.8 Å². The van der Waals surface area contributed by atoms with Crippen molar-refractivity contribution in [2.75, 3.05) is 35.6 Å². The Morgan fingerprint density at radius 3 is 1.49 bits per heavy atom. The second-order valence-electron chi connectivity index (χ2n) is 8.52. The topological polar surface area (TPSA) is 117 Å². The maximum absolute atomic E-state index is 12.1. The molecule has 0 fully saturated rings. The van der Waals surface area contributed by atoms with Gasteiger partial charge in [-0.15, -0.1) is 23.2 Å². The van der Waals surface area contributed by atoms with Crippen LogP contribution in [0.5, 0.6) is 11.5 Å². The lowest BCUT2D eigenvalue weighted by Crippen LogP contribution is -2.15. The molecular weight excluding hydrogens is 587 g/mol. The minimum Gasteiger partial charge on any atom is -0.508 e. The van der Waals surface area contributed by atoms with Crippen molar-refractivity contribution in [3.8, 4) is 33.8 Å². The van der Waals surface area contributed by atoms with Crippen molar-refractivity contribution in [2.24, 2.45) is 0 Å². The Balaban J connectivity index is 1.74. The zero-order valence-electron chi connectivity index (χ0n) is 21.6. The Hall–Kier alpha value is -4.05. The molecule has 0 radical (unpaired) electrons. The lowest BCUT2D eigenvalue weighted by Gasteiger charge is -2.16. The van der Waals surface area contributed by atoms with E-state index in [9.17, 15) is 19.8 Å². The third-order valence-electron chi connectivity index (χ3n) is 5.61. The quantitative estimate of drug-likeness (QED) is 0.133. The Morgan fingerprint density at radius 1 is 0.659 bits per heavy atom. The first-order valence-electron chi connectivity index (χ1n) is 12.4. The van der Waals surface area contributed by atoms with E-state index in [0.717, 1.165) is 32.0 Å². The summed E-state index contributed by atoms with van der Waals surface area (Å²) < 4.78 is 10.1. The number of phenolic OH excluding ortho intramolecular Hbond substituents is 2. The number of halogens is 2. The van der Waals surface area contributed by atoms with E-state index < -0.39 is 12.2 Å². The molecule has 212 valence electrons.